The first-order valence-electron chi connectivity index (χ1n) is 5.04. The smallest absolute Gasteiger partial charge is 0.0108 e. The lowest BCUT2D eigenvalue weighted by Crippen LogP contribution is -2.27. The zero-order chi connectivity index (χ0) is 9.80. The van der Waals surface area contributed by atoms with Gasteiger partial charge in [0.1, 0.15) is 0 Å². The average Bonchev–Trinajstić information content (AvgIpc) is 2.63. The summed E-state index contributed by atoms with van der Waals surface area (Å²) < 4.78 is 0. The highest BCUT2D eigenvalue weighted by atomic mass is 32.2. The van der Waals surface area contributed by atoms with Crippen molar-refractivity contribution < 1.29 is 0 Å². The van der Waals surface area contributed by atoms with E-state index in [9.17, 15) is 0 Å². The summed E-state index contributed by atoms with van der Waals surface area (Å²) in [5.41, 5.74) is 6.94. The quantitative estimate of drug-likeness (QED) is 0.735. The molecule has 1 atom stereocenters. The lowest BCUT2D eigenvalue weighted by Gasteiger charge is -2.10. The van der Waals surface area contributed by atoms with Crippen LogP contribution in [0.15, 0.2) is 29.2 Å². The van der Waals surface area contributed by atoms with Crippen LogP contribution in [-0.2, 0) is 0 Å². The summed E-state index contributed by atoms with van der Waals surface area (Å²) >= 11 is 1.96. The second kappa shape index (κ2) is 4.82. The third-order valence-corrected chi connectivity index (χ3v) is 3.76. The summed E-state index contributed by atoms with van der Waals surface area (Å²) in [5.74, 6) is 1.87. The Hall–Kier alpha value is -0.510. The molecule has 76 valence electrons. The number of thioether (sulfide) groups is 1. The summed E-state index contributed by atoms with van der Waals surface area (Å²) in [6.07, 6.45) is 0. The maximum atomic E-state index is 5.44. The predicted octanol–water partition coefficient (Wildman–Crippen LogP) is 1.42. The topological polar surface area (TPSA) is 38.0 Å². The molecular weight excluding hydrogens is 192 g/mol. The van der Waals surface area contributed by atoms with Crippen LogP contribution in [0.4, 0.5) is 0 Å². The number of nitrogens with one attached hydrogen (secondary N) is 1. The minimum Gasteiger partial charge on any atom is -0.329 e. The molecular formula is C11H16N2S. The lowest BCUT2D eigenvalue weighted by atomic mass is 10.0. The minimum atomic E-state index is 0.669. The van der Waals surface area contributed by atoms with Crippen molar-refractivity contribution in [1.29, 1.82) is 0 Å². The SMILES string of the molecule is NCCNCC1CSc2ccccc21. The van der Waals surface area contributed by atoms with Crippen LogP contribution in [0.3, 0.4) is 0 Å². The zero-order valence-corrected chi connectivity index (χ0v) is 9.02. The Labute approximate surface area is 89.3 Å². The van der Waals surface area contributed by atoms with E-state index in [-0.39, 0.29) is 0 Å². The number of hydrogen-bond donors (Lipinski definition) is 2. The third-order valence-electron chi connectivity index (χ3n) is 2.51. The number of hydrogen-bond acceptors (Lipinski definition) is 3. The van der Waals surface area contributed by atoms with Crippen LogP contribution in [0.1, 0.15) is 11.5 Å². The van der Waals surface area contributed by atoms with Gasteiger partial charge in [-0.2, -0.15) is 0 Å². The van der Waals surface area contributed by atoms with Crippen molar-refractivity contribution >= 4 is 11.8 Å². The van der Waals surface area contributed by atoms with Crippen molar-refractivity contribution in [2.24, 2.45) is 5.73 Å². The van der Waals surface area contributed by atoms with Crippen molar-refractivity contribution in [3.05, 3.63) is 29.8 Å². The van der Waals surface area contributed by atoms with Crippen molar-refractivity contribution in [1.82, 2.24) is 5.32 Å². The molecule has 1 aliphatic heterocycles. The molecule has 2 nitrogen and oxygen atoms in total. The molecule has 14 heavy (non-hydrogen) atoms. The highest BCUT2D eigenvalue weighted by molar-refractivity contribution is 7.99. The summed E-state index contributed by atoms with van der Waals surface area (Å²) in [7, 11) is 0. The van der Waals surface area contributed by atoms with Crippen LogP contribution in [-0.4, -0.2) is 25.4 Å². The number of nitrogens with two attached hydrogens (primary N) is 1. The molecule has 0 aliphatic carbocycles. The zero-order valence-electron chi connectivity index (χ0n) is 8.20. The normalized spacial score (nSPS) is 19.6. The molecule has 3 heteroatoms. The first-order chi connectivity index (χ1) is 6.92. The van der Waals surface area contributed by atoms with Crippen molar-refractivity contribution in [3.8, 4) is 0 Å². The number of rotatable bonds is 4. The molecule has 0 fully saturated rings. The molecule has 0 amide bonds. The van der Waals surface area contributed by atoms with E-state index >= 15 is 0 Å². The molecule has 0 aromatic heterocycles. The van der Waals surface area contributed by atoms with Crippen LogP contribution in [0, 0.1) is 0 Å². The largest absolute Gasteiger partial charge is 0.329 e. The summed E-state index contributed by atoms with van der Waals surface area (Å²) in [4.78, 5) is 1.45. The van der Waals surface area contributed by atoms with Gasteiger partial charge in [-0.1, -0.05) is 18.2 Å². The monoisotopic (exact) mass is 208 g/mol. The molecule has 0 spiro atoms. The van der Waals surface area contributed by atoms with E-state index in [4.69, 9.17) is 5.73 Å². The van der Waals surface area contributed by atoms with Gasteiger partial charge >= 0.3 is 0 Å². The molecule has 1 aromatic rings. The fourth-order valence-corrected chi connectivity index (χ4v) is 3.03. The van der Waals surface area contributed by atoms with E-state index in [1.807, 2.05) is 11.8 Å². The predicted molar refractivity (Wildman–Crippen MR) is 61.8 cm³/mol. The molecule has 1 aliphatic rings. The van der Waals surface area contributed by atoms with E-state index in [2.05, 4.69) is 29.6 Å². The molecule has 0 radical (unpaired) electrons. The van der Waals surface area contributed by atoms with E-state index in [0.717, 1.165) is 19.6 Å². The maximum Gasteiger partial charge on any atom is 0.0108 e. The van der Waals surface area contributed by atoms with E-state index < -0.39 is 0 Å². The molecule has 1 heterocycles. The third kappa shape index (κ3) is 2.11. The van der Waals surface area contributed by atoms with E-state index in [1.165, 1.54) is 16.2 Å². The standard InChI is InChI=1S/C11H16N2S/c12-5-6-13-7-9-8-14-11-4-2-1-3-10(9)11/h1-4,9,13H,5-8,12H2. The fourth-order valence-electron chi connectivity index (χ4n) is 1.78. The first kappa shape index (κ1) is 10.0. The van der Waals surface area contributed by atoms with Crippen LogP contribution < -0.4 is 11.1 Å². The fraction of sp³-hybridized carbons (Fsp3) is 0.455. The highest BCUT2D eigenvalue weighted by Crippen LogP contribution is 2.38. The van der Waals surface area contributed by atoms with Gasteiger partial charge in [0.15, 0.2) is 0 Å². The Morgan fingerprint density at radius 2 is 2.29 bits per heavy atom. The van der Waals surface area contributed by atoms with Gasteiger partial charge in [0.2, 0.25) is 0 Å². The van der Waals surface area contributed by atoms with Gasteiger partial charge in [0.05, 0.1) is 0 Å². The molecule has 1 unspecified atom stereocenters. The Balaban J connectivity index is 1.96. The Morgan fingerprint density at radius 3 is 3.14 bits per heavy atom. The molecule has 0 bridgehead atoms. The second-order valence-electron chi connectivity index (χ2n) is 3.54. The highest BCUT2D eigenvalue weighted by Gasteiger charge is 2.21. The Kier molecular flexibility index (Phi) is 3.45. The maximum absolute atomic E-state index is 5.44. The van der Waals surface area contributed by atoms with Crippen molar-refractivity contribution in [3.63, 3.8) is 0 Å². The van der Waals surface area contributed by atoms with Crippen molar-refractivity contribution in [2.45, 2.75) is 10.8 Å². The molecule has 3 N–H and O–H groups in total. The lowest BCUT2D eigenvalue weighted by molar-refractivity contribution is 0.626. The molecule has 0 saturated carbocycles. The van der Waals surface area contributed by atoms with Gasteiger partial charge in [-0.05, 0) is 11.6 Å². The summed E-state index contributed by atoms with van der Waals surface area (Å²) in [6, 6.07) is 8.69. The molecule has 1 aromatic carbocycles. The minimum absolute atomic E-state index is 0.669. The van der Waals surface area contributed by atoms with E-state index in [0.29, 0.717) is 5.92 Å². The van der Waals surface area contributed by atoms with Crippen LogP contribution >= 0.6 is 11.8 Å². The molecule has 0 saturated heterocycles. The van der Waals surface area contributed by atoms with Crippen LogP contribution in [0.2, 0.25) is 0 Å². The van der Waals surface area contributed by atoms with Gasteiger partial charge in [-0.3, -0.25) is 0 Å². The van der Waals surface area contributed by atoms with E-state index in [1.54, 1.807) is 0 Å². The van der Waals surface area contributed by atoms with Crippen molar-refractivity contribution in [2.75, 3.05) is 25.4 Å². The number of fused-ring (bicyclic) bond motifs is 1. The van der Waals surface area contributed by atoms with Gasteiger partial charge in [0.25, 0.3) is 0 Å². The van der Waals surface area contributed by atoms with Gasteiger partial charge in [-0.25, -0.2) is 0 Å². The van der Waals surface area contributed by atoms with Gasteiger partial charge in [0, 0.05) is 36.2 Å². The van der Waals surface area contributed by atoms with Gasteiger partial charge in [-0.15, -0.1) is 11.8 Å². The van der Waals surface area contributed by atoms with Crippen LogP contribution in [0.5, 0.6) is 0 Å². The first-order valence-corrected chi connectivity index (χ1v) is 6.03. The van der Waals surface area contributed by atoms with Crippen LogP contribution in [0.25, 0.3) is 0 Å². The second-order valence-corrected chi connectivity index (χ2v) is 4.60. The average molecular weight is 208 g/mol. The summed E-state index contributed by atoms with van der Waals surface area (Å²) in [5, 5.41) is 3.38. The molecule has 2 rings (SSSR count). The Morgan fingerprint density at radius 1 is 1.43 bits per heavy atom. The Bertz CT molecular complexity index is 301. The summed E-state index contributed by atoms with van der Waals surface area (Å²) in [6.45, 7) is 2.70. The number of benzene rings is 1. The van der Waals surface area contributed by atoms with Gasteiger partial charge < -0.3 is 11.1 Å².